The van der Waals surface area contributed by atoms with Crippen LogP contribution in [0, 0.1) is 0 Å². The number of carbonyl (C=O) groups excluding carboxylic acids is 1. The number of para-hydroxylation sites is 1. The number of anilines is 1. The zero-order chi connectivity index (χ0) is 23.1. The number of thioether (sulfide) groups is 2. The molecule has 174 valence electrons. The third-order valence-electron chi connectivity index (χ3n) is 6.66. The molecule has 2 aliphatic heterocycles. The molecular weight excluding hydrogens is 464 g/mol. The van der Waals surface area contributed by atoms with Crippen LogP contribution in [0.1, 0.15) is 57.1 Å². The van der Waals surface area contributed by atoms with Crippen LogP contribution in [0.2, 0.25) is 0 Å². The first-order valence-electron chi connectivity index (χ1n) is 11.9. The smallest absolute Gasteiger partial charge is 0.234 e. The van der Waals surface area contributed by atoms with E-state index in [9.17, 15) is 4.79 Å². The Hall–Kier alpha value is -2.65. The van der Waals surface area contributed by atoms with E-state index in [1.54, 1.807) is 17.3 Å². The van der Waals surface area contributed by atoms with Crippen LogP contribution >= 0.6 is 23.5 Å². The van der Waals surface area contributed by atoms with E-state index >= 15 is 0 Å². The van der Waals surface area contributed by atoms with Crippen molar-refractivity contribution in [1.29, 1.82) is 0 Å². The maximum atomic E-state index is 12.4. The Balaban J connectivity index is 1.24. The van der Waals surface area contributed by atoms with E-state index in [0.29, 0.717) is 5.16 Å². The third kappa shape index (κ3) is 3.84. The molecule has 7 nitrogen and oxygen atoms in total. The first-order chi connectivity index (χ1) is 16.7. The van der Waals surface area contributed by atoms with Crippen LogP contribution in [0.15, 0.2) is 62.8 Å². The SMILES string of the molecule is CCCCC1=N[C@H]2Sc3c(ncn4c(SCC(=O)Nc5ccccc5)nnc34)[C@@H]2C2=C1CCC2. The third-order valence-corrected chi connectivity index (χ3v) is 8.84. The number of aromatic nitrogens is 4. The molecule has 9 heteroatoms. The quantitative estimate of drug-likeness (QED) is 0.441. The van der Waals surface area contributed by atoms with E-state index in [0.717, 1.165) is 41.2 Å². The molecule has 0 saturated heterocycles. The van der Waals surface area contributed by atoms with Gasteiger partial charge in [-0.15, -0.1) is 10.2 Å². The van der Waals surface area contributed by atoms with Gasteiger partial charge in [0.15, 0.2) is 10.8 Å². The Labute approximate surface area is 206 Å². The van der Waals surface area contributed by atoms with E-state index in [1.807, 2.05) is 41.1 Å². The highest BCUT2D eigenvalue weighted by atomic mass is 32.2. The van der Waals surface area contributed by atoms with Crippen molar-refractivity contribution < 1.29 is 4.79 Å². The van der Waals surface area contributed by atoms with Crippen molar-refractivity contribution in [3.05, 3.63) is 53.5 Å². The molecular formula is C25H26N6OS2. The molecule has 0 bridgehead atoms. The molecule has 34 heavy (non-hydrogen) atoms. The number of nitrogens with one attached hydrogen (secondary N) is 1. The molecule has 0 saturated carbocycles. The average molecular weight is 491 g/mol. The van der Waals surface area contributed by atoms with Gasteiger partial charge in [-0.3, -0.25) is 14.2 Å². The van der Waals surface area contributed by atoms with Crippen LogP contribution in [0.25, 0.3) is 5.65 Å². The lowest BCUT2D eigenvalue weighted by Crippen LogP contribution is -2.21. The Morgan fingerprint density at radius 1 is 1.24 bits per heavy atom. The second-order valence-electron chi connectivity index (χ2n) is 8.86. The zero-order valence-electron chi connectivity index (χ0n) is 19.0. The summed E-state index contributed by atoms with van der Waals surface area (Å²) >= 11 is 3.15. The number of aliphatic imine (C=N–C) groups is 1. The average Bonchev–Trinajstić information content (AvgIpc) is 3.57. The predicted octanol–water partition coefficient (Wildman–Crippen LogP) is 5.50. The first kappa shape index (κ1) is 21.9. The standard InChI is InChI=1S/C25H26N6OS2/c1-2-3-12-18-16-10-7-11-17(16)20-21-22(34-24(20)28-18)23-29-30-25(31(23)14-26-21)33-13-19(32)27-15-8-5-4-6-9-15/h4-6,8-9,14,20,24H,2-3,7,10-13H2,1H3,(H,27,32)/t20-,24-/m0/s1. The van der Waals surface area contributed by atoms with Gasteiger partial charge in [-0.2, -0.15) is 0 Å². The number of amides is 1. The van der Waals surface area contributed by atoms with Crippen molar-refractivity contribution in [2.45, 2.75) is 66.8 Å². The number of unbranched alkanes of at least 4 members (excludes halogenated alkanes) is 1. The molecule has 4 heterocycles. The van der Waals surface area contributed by atoms with Crippen molar-refractivity contribution >= 4 is 46.5 Å². The van der Waals surface area contributed by atoms with Gasteiger partial charge in [0, 0.05) is 11.4 Å². The summed E-state index contributed by atoms with van der Waals surface area (Å²) in [7, 11) is 0. The number of carbonyl (C=O) groups is 1. The largest absolute Gasteiger partial charge is 0.325 e. The van der Waals surface area contributed by atoms with E-state index < -0.39 is 0 Å². The highest BCUT2D eigenvalue weighted by Gasteiger charge is 2.44. The fraction of sp³-hybridized carbons (Fsp3) is 0.400. The van der Waals surface area contributed by atoms with Crippen molar-refractivity contribution in [2.24, 2.45) is 4.99 Å². The second-order valence-corrected chi connectivity index (χ2v) is 10.9. The van der Waals surface area contributed by atoms with Crippen molar-refractivity contribution in [2.75, 3.05) is 11.1 Å². The number of hydrogen-bond acceptors (Lipinski definition) is 7. The van der Waals surface area contributed by atoms with Crippen LogP contribution in [0.3, 0.4) is 0 Å². The van der Waals surface area contributed by atoms with Gasteiger partial charge in [0.2, 0.25) is 5.91 Å². The fourth-order valence-corrected chi connectivity index (χ4v) is 7.20. The van der Waals surface area contributed by atoms with Crippen molar-refractivity contribution in [3.63, 3.8) is 0 Å². The van der Waals surface area contributed by atoms with Gasteiger partial charge in [-0.05, 0) is 49.8 Å². The first-order valence-corrected chi connectivity index (χ1v) is 13.8. The lowest BCUT2D eigenvalue weighted by Gasteiger charge is -2.26. The summed E-state index contributed by atoms with van der Waals surface area (Å²) < 4.78 is 1.91. The van der Waals surface area contributed by atoms with E-state index in [2.05, 4.69) is 22.4 Å². The van der Waals surface area contributed by atoms with E-state index in [1.165, 1.54) is 42.3 Å². The minimum atomic E-state index is -0.0721. The molecule has 0 unspecified atom stereocenters. The van der Waals surface area contributed by atoms with Gasteiger partial charge in [0.1, 0.15) is 11.7 Å². The lowest BCUT2D eigenvalue weighted by atomic mass is 9.87. The van der Waals surface area contributed by atoms with Gasteiger partial charge in [0.05, 0.1) is 22.3 Å². The monoisotopic (exact) mass is 490 g/mol. The number of dihydropyridines is 1. The summed E-state index contributed by atoms with van der Waals surface area (Å²) in [6, 6.07) is 9.48. The molecule has 2 atom stereocenters. The maximum Gasteiger partial charge on any atom is 0.234 e. The van der Waals surface area contributed by atoms with Crippen LogP contribution in [-0.4, -0.2) is 42.3 Å². The highest BCUT2D eigenvalue weighted by molar-refractivity contribution is 8.00. The van der Waals surface area contributed by atoms with Crippen molar-refractivity contribution in [3.8, 4) is 0 Å². The van der Waals surface area contributed by atoms with E-state index in [4.69, 9.17) is 9.98 Å². The Bertz CT molecular complexity index is 1320. The summed E-state index contributed by atoms with van der Waals surface area (Å²) in [6.07, 6.45) is 8.80. The molecule has 1 amide bonds. The number of benzene rings is 1. The van der Waals surface area contributed by atoms with Crippen LogP contribution < -0.4 is 5.32 Å². The lowest BCUT2D eigenvalue weighted by molar-refractivity contribution is -0.113. The van der Waals surface area contributed by atoms with Gasteiger partial charge in [-0.1, -0.05) is 60.6 Å². The number of rotatable bonds is 7. The van der Waals surface area contributed by atoms with Gasteiger partial charge >= 0.3 is 0 Å². The number of nitrogens with zero attached hydrogens (tertiary/aromatic N) is 5. The Morgan fingerprint density at radius 3 is 2.97 bits per heavy atom. The van der Waals surface area contributed by atoms with Gasteiger partial charge in [-0.25, -0.2) is 4.98 Å². The maximum absolute atomic E-state index is 12.4. The Morgan fingerprint density at radius 2 is 2.12 bits per heavy atom. The van der Waals surface area contributed by atoms with Crippen molar-refractivity contribution in [1.82, 2.24) is 19.6 Å². The summed E-state index contributed by atoms with van der Waals surface area (Å²) in [6.45, 7) is 2.24. The minimum Gasteiger partial charge on any atom is -0.325 e. The topological polar surface area (TPSA) is 84.5 Å². The minimum absolute atomic E-state index is 0.0721. The summed E-state index contributed by atoms with van der Waals surface area (Å²) in [5, 5.41) is 12.6. The molecule has 0 fully saturated rings. The molecule has 2 aromatic heterocycles. The Kier molecular flexibility index (Phi) is 5.90. The van der Waals surface area contributed by atoms with Crippen LogP contribution in [0.4, 0.5) is 5.69 Å². The normalized spacial score (nSPS) is 20.8. The molecule has 0 spiro atoms. The number of hydrogen-bond donors (Lipinski definition) is 1. The molecule has 1 aromatic carbocycles. The second kappa shape index (κ2) is 9.19. The fourth-order valence-electron chi connectivity index (χ4n) is 5.10. The summed E-state index contributed by atoms with van der Waals surface area (Å²) in [5.41, 5.74) is 7.10. The van der Waals surface area contributed by atoms with Gasteiger partial charge in [0.25, 0.3) is 0 Å². The number of fused-ring (bicyclic) bond motifs is 6. The van der Waals surface area contributed by atoms with Gasteiger partial charge < -0.3 is 5.32 Å². The molecule has 3 aromatic rings. The summed E-state index contributed by atoms with van der Waals surface area (Å²) in [4.78, 5) is 23.6. The molecule has 1 aliphatic carbocycles. The summed E-state index contributed by atoms with van der Waals surface area (Å²) in [5.74, 6) is 0.446. The zero-order valence-corrected chi connectivity index (χ0v) is 20.7. The molecule has 3 aliphatic rings. The number of allylic oxidation sites excluding steroid dienone is 1. The molecule has 6 rings (SSSR count). The highest BCUT2D eigenvalue weighted by Crippen LogP contribution is 2.55. The predicted molar refractivity (Wildman–Crippen MR) is 137 cm³/mol. The molecule has 1 N–H and O–H groups in total. The molecule has 0 radical (unpaired) electrons. The van der Waals surface area contributed by atoms with E-state index in [-0.39, 0.29) is 23.0 Å². The van der Waals surface area contributed by atoms with Crippen LogP contribution in [0.5, 0.6) is 0 Å². The van der Waals surface area contributed by atoms with Crippen LogP contribution in [-0.2, 0) is 4.79 Å².